The third kappa shape index (κ3) is 3.89. The first-order chi connectivity index (χ1) is 8.91. The maximum Gasteiger partial charge on any atom is 0.240 e. The van der Waals surface area contributed by atoms with Gasteiger partial charge in [-0.15, -0.1) is 0 Å². The minimum atomic E-state index is -3.65. The number of sulfonamides is 1. The molecule has 1 saturated carbocycles. The van der Waals surface area contributed by atoms with Crippen LogP contribution in [0.2, 0.25) is 5.15 Å². The topological polar surface area (TPSA) is 79.3 Å². The van der Waals surface area contributed by atoms with Crippen molar-refractivity contribution >= 4 is 21.6 Å². The first-order valence-electron chi connectivity index (χ1n) is 6.25. The molecule has 0 atom stereocenters. The van der Waals surface area contributed by atoms with E-state index in [1.807, 2.05) is 0 Å². The van der Waals surface area contributed by atoms with Gasteiger partial charge in [0.25, 0.3) is 0 Å². The molecule has 2 N–H and O–H groups in total. The van der Waals surface area contributed by atoms with Gasteiger partial charge in [0.1, 0.15) is 5.15 Å². The summed E-state index contributed by atoms with van der Waals surface area (Å²) in [6.07, 6.45) is 5.55. The van der Waals surface area contributed by atoms with E-state index in [2.05, 4.69) is 9.71 Å². The first-order valence-corrected chi connectivity index (χ1v) is 8.11. The minimum absolute atomic E-state index is 0.0370. The van der Waals surface area contributed by atoms with E-state index >= 15 is 0 Å². The zero-order valence-corrected chi connectivity index (χ0v) is 12.0. The van der Waals surface area contributed by atoms with Crippen molar-refractivity contribution in [2.75, 3.05) is 6.54 Å². The smallest absolute Gasteiger partial charge is 0.240 e. The van der Waals surface area contributed by atoms with E-state index in [9.17, 15) is 13.5 Å². The van der Waals surface area contributed by atoms with Gasteiger partial charge in [-0.3, -0.25) is 0 Å². The van der Waals surface area contributed by atoms with Gasteiger partial charge in [-0.1, -0.05) is 30.9 Å². The van der Waals surface area contributed by atoms with Crippen LogP contribution in [0.15, 0.2) is 23.2 Å². The second kappa shape index (κ2) is 5.75. The van der Waals surface area contributed by atoms with Crippen LogP contribution < -0.4 is 4.72 Å². The molecule has 1 aromatic rings. The summed E-state index contributed by atoms with van der Waals surface area (Å²) in [5.41, 5.74) is -0.928. The van der Waals surface area contributed by atoms with Gasteiger partial charge in [-0.05, 0) is 25.0 Å². The average molecular weight is 305 g/mol. The molecule has 1 heterocycles. The fourth-order valence-corrected chi connectivity index (χ4v) is 3.62. The van der Waals surface area contributed by atoms with Gasteiger partial charge in [0.2, 0.25) is 10.0 Å². The number of pyridine rings is 1. The van der Waals surface area contributed by atoms with Gasteiger partial charge >= 0.3 is 0 Å². The van der Waals surface area contributed by atoms with Crippen molar-refractivity contribution in [3.8, 4) is 0 Å². The first kappa shape index (κ1) is 14.7. The van der Waals surface area contributed by atoms with E-state index in [1.165, 1.54) is 18.3 Å². The molecule has 0 aromatic carbocycles. The number of rotatable bonds is 4. The molecular formula is C12H17ClN2O3S. The van der Waals surface area contributed by atoms with Crippen molar-refractivity contribution in [2.45, 2.75) is 42.6 Å². The summed E-state index contributed by atoms with van der Waals surface area (Å²) in [4.78, 5) is 3.80. The van der Waals surface area contributed by atoms with E-state index < -0.39 is 15.6 Å². The molecule has 1 aliphatic carbocycles. The Bertz CT molecular complexity index is 542. The Morgan fingerprint density at radius 1 is 1.37 bits per heavy atom. The van der Waals surface area contributed by atoms with E-state index in [1.54, 1.807) is 0 Å². The van der Waals surface area contributed by atoms with Crippen LogP contribution in [-0.4, -0.2) is 30.7 Å². The second-order valence-corrected chi connectivity index (χ2v) is 7.08. The van der Waals surface area contributed by atoms with Gasteiger partial charge in [0, 0.05) is 12.7 Å². The molecule has 19 heavy (non-hydrogen) atoms. The third-order valence-corrected chi connectivity index (χ3v) is 4.99. The molecule has 1 aliphatic rings. The molecule has 0 radical (unpaired) electrons. The number of nitrogens with zero attached hydrogens (tertiary/aromatic N) is 1. The SMILES string of the molecule is O=S(=O)(NCC1(O)CCCCC1)c1ccnc(Cl)c1. The van der Waals surface area contributed by atoms with Crippen LogP contribution in [0, 0.1) is 0 Å². The van der Waals surface area contributed by atoms with Crippen LogP contribution in [0.1, 0.15) is 32.1 Å². The standard InChI is InChI=1S/C12H17ClN2O3S/c13-11-8-10(4-7-14-11)19(17,18)15-9-12(16)5-2-1-3-6-12/h4,7-8,15-16H,1-3,5-6,9H2. The Kier molecular flexibility index (Phi) is 4.45. The number of aromatic nitrogens is 1. The molecular weight excluding hydrogens is 288 g/mol. The molecule has 7 heteroatoms. The maximum atomic E-state index is 12.1. The van der Waals surface area contributed by atoms with Gasteiger partial charge in [0.15, 0.2) is 0 Å². The van der Waals surface area contributed by atoms with Crippen LogP contribution in [0.25, 0.3) is 0 Å². The lowest BCUT2D eigenvalue weighted by Gasteiger charge is -2.32. The van der Waals surface area contributed by atoms with Crippen molar-refractivity contribution in [2.24, 2.45) is 0 Å². The summed E-state index contributed by atoms with van der Waals surface area (Å²) in [5.74, 6) is 0. The van der Waals surface area contributed by atoms with Crippen molar-refractivity contribution in [3.63, 3.8) is 0 Å². The lowest BCUT2D eigenvalue weighted by molar-refractivity contribution is 0.00945. The normalized spacial score (nSPS) is 19.3. The van der Waals surface area contributed by atoms with Gasteiger partial charge in [0.05, 0.1) is 10.5 Å². The minimum Gasteiger partial charge on any atom is -0.389 e. The van der Waals surface area contributed by atoms with Gasteiger partial charge < -0.3 is 5.11 Å². The maximum absolute atomic E-state index is 12.1. The van der Waals surface area contributed by atoms with E-state index in [0.717, 1.165) is 19.3 Å². The second-order valence-electron chi connectivity index (χ2n) is 4.92. The van der Waals surface area contributed by atoms with Crippen LogP contribution >= 0.6 is 11.6 Å². The van der Waals surface area contributed by atoms with Crippen molar-refractivity contribution in [3.05, 3.63) is 23.5 Å². The number of hydrogen-bond acceptors (Lipinski definition) is 4. The van der Waals surface area contributed by atoms with E-state index in [-0.39, 0.29) is 16.6 Å². The molecule has 0 unspecified atom stereocenters. The zero-order valence-electron chi connectivity index (χ0n) is 10.5. The molecule has 5 nitrogen and oxygen atoms in total. The van der Waals surface area contributed by atoms with Gasteiger partial charge in [-0.2, -0.15) is 0 Å². The Hall–Kier alpha value is -0.690. The molecule has 1 fully saturated rings. The number of hydrogen-bond donors (Lipinski definition) is 2. The predicted molar refractivity (Wildman–Crippen MR) is 72.5 cm³/mol. The summed E-state index contributed by atoms with van der Waals surface area (Å²) in [6.45, 7) is 0.0370. The van der Waals surface area contributed by atoms with Crippen LogP contribution in [0.5, 0.6) is 0 Å². The lowest BCUT2D eigenvalue weighted by Crippen LogP contribution is -2.44. The predicted octanol–water partition coefficient (Wildman–Crippen LogP) is 1.71. The fraction of sp³-hybridized carbons (Fsp3) is 0.583. The molecule has 106 valence electrons. The molecule has 0 amide bonds. The highest BCUT2D eigenvalue weighted by Gasteiger charge is 2.30. The summed E-state index contributed by atoms with van der Waals surface area (Å²) in [7, 11) is -3.65. The zero-order chi connectivity index (χ0) is 13.9. The molecule has 0 aliphatic heterocycles. The Morgan fingerprint density at radius 2 is 2.05 bits per heavy atom. The Balaban J connectivity index is 2.05. The highest BCUT2D eigenvalue weighted by Crippen LogP contribution is 2.27. The quantitative estimate of drug-likeness (QED) is 0.830. The van der Waals surface area contributed by atoms with Gasteiger partial charge in [-0.25, -0.2) is 18.1 Å². The molecule has 1 aromatic heterocycles. The summed E-state index contributed by atoms with van der Waals surface area (Å²) in [5, 5.41) is 10.4. The van der Waals surface area contributed by atoms with E-state index in [4.69, 9.17) is 11.6 Å². The summed E-state index contributed by atoms with van der Waals surface area (Å²) >= 11 is 5.67. The number of halogens is 1. The molecule has 0 bridgehead atoms. The highest BCUT2D eigenvalue weighted by atomic mass is 35.5. The monoisotopic (exact) mass is 304 g/mol. The van der Waals surface area contributed by atoms with Crippen LogP contribution in [-0.2, 0) is 10.0 Å². The summed E-state index contributed by atoms with van der Waals surface area (Å²) < 4.78 is 26.6. The van der Waals surface area contributed by atoms with Crippen molar-refractivity contribution < 1.29 is 13.5 Å². The fourth-order valence-electron chi connectivity index (χ4n) is 2.25. The number of nitrogens with one attached hydrogen (secondary N) is 1. The van der Waals surface area contributed by atoms with E-state index in [0.29, 0.717) is 12.8 Å². The third-order valence-electron chi connectivity index (χ3n) is 3.38. The average Bonchev–Trinajstić information content (AvgIpc) is 2.38. The Labute approximate surface area is 118 Å². The summed E-state index contributed by atoms with van der Waals surface area (Å²) in [6, 6.07) is 2.66. The molecule has 0 spiro atoms. The van der Waals surface area contributed by atoms with Crippen LogP contribution in [0.3, 0.4) is 0 Å². The largest absolute Gasteiger partial charge is 0.389 e. The molecule has 0 saturated heterocycles. The van der Waals surface area contributed by atoms with Crippen molar-refractivity contribution in [1.82, 2.24) is 9.71 Å². The van der Waals surface area contributed by atoms with Crippen molar-refractivity contribution in [1.29, 1.82) is 0 Å². The Morgan fingerprint density at radius 3 is 2.68 bits per heavy atom. The number of aliphatic hydroxyl groups is 1. The van der Waals surface area contributed by atoms with Crippen LogP contribution in [0.4, 0.5) is 0 Å². The molecule has 2 rings (SSSR count). The lowest BCUT2D eigenvalue weighted by atomic mass is 9.85. The highest BCUT2D eigenvalue weighted by molar-refractivity contribution is 7.89.